The first kappa shape index (κ1) is 4.62. The third kappa shape index (κ3) is 0.501. The molecule has 0 aromatic heterocycles. The number of nitrogens with two attached hydrogens (primary N) is 1. The van der Waals surface area contributed by atoms with Gasteiger partial charge in [0.1, 0.15) is 0 Å². The van der Waals surface area contributed by atoms with Gasteiger partial charge in [-0.1, -0.05) is 6.92 Å². The lowest BCUT2D eigenvalue weighted by atomic mass is 9.97. The average molecular weight is 98.1 g/mol. The monoisotopic (exact) mass is 98.1 g/mol. The molecule has 0 radical (unpaired) electrons. The van der Waals surface area contributed by atoms with Crippen LogP contribution in [0.2, 0.25) is 0 Å². The number of aliphatic imine (C=N–C) groups is 1. The van der Waals surface area contributed by atoms with Gasteiger partial charge in [-0.25, -0.2) is 0 Å². The molecule has 1 aliphatic rings. The van der Waals surface area contributed by atoms with Gasteiger partial charge < -0.3 is 5.73 Å². The Labute approximate surface area is 43.4 Å². The molecule has 2 heteroatoms. The number of hydrogen-bond acceptors (Lipinski definition) is 2. The van der Waals surface area contributed by atoms with Crippen LogP contribution in [0.1, 0.15) is 13.8 Å². The fourth-order valence-corrected chi connectivity index (χ4v) is 0.630. The summed E-state index contributed by atoms with van der Waals surface area (Å²) in [4.78, 5) is 4.00. The van der Waals surface area contributed by atoms with Gasteiger partial charge in [0.05, 0.1) is 11.9 Å². The van der Waals surface area contributed by atoms with Gasteiger partial charge in [0.2, 0.25) is 0 Å². The van der Waals surface area contributed by atoms with E-state index in [4.69, 9.17) is 5.73 Å². The van der Waals surface area contributed by atoms with Crippen molar-refractivity contribution in [2.75, 3.05) is 0 Å². The Bertz CT molecular complexity index is 107. The maximum absolute atomic E-state index is 5.36. The molecule has 0 aromatic carbocycles. The molecule has 1 aliphatic heterocycles. The lowest BCUT2D eigenvalue weighted by Gasteiger charge is -2.25. The van der Waals surface area contributed by atoms with Crippen LogP contribution in [0.4, 0.5) is 0 Å². The Balaban J connectivity index is 2.57. The van der Waals surface area contributed by atoms with Crippen molar-refractivity contribution in [1.82, 2.24) is 0 Å². The van der Waals surface area contributed by atoms with Crippen LogP contribution in [0.5, 0.6) is 0 Å². The first-order valence-corrected chi connectivity index (χ1v) is 2.55. The Hall–Kier alpha value is -0.530. The smallest absolute Gasteiger partial charge is 0.0990 e. The van der Waals surface area contributed by atoms with Crippen LogP contribution in [0, 0.1) is 5.92 Å². The maximum atomic E-state index is 5.36. The third-order valence-corrected chi connectivity index (χ3v) is 1.54. The molecule has 0 saturated carbocycles. The second-order valence-corrected chi connectivity index (χ2v) is 2.08. The van der Waals surface area contributed by atoms with Crippen molar-refractivity contribution in [3.63, 3.8) is 0 Å². The number of hydrogen-bond donors (Lipinski definition) is 1. The van der Waals surface area contributed by atoms with Crippen LogP contribution < -0.4 is 5.73 Å². The summed E-state index contributed by atoms with van der Waals surface area (Å²) in [6, 6.07) is 0.472. The van der Waals surface area contributed by atoms with E-state index in [2.05, 4.69) is 18.8 Å². The standard InChI is InChI=1S/C5H10N2/c1-3-4(2)7-5(3)6/h3-4H,1-2H3,(H2,6,7). The molecular weight excluding hydrogens is 88.1 g/mol. The predicted molar refractivity (Wildman–Crippen MR) is 30.2 cm³/mol. The number of rotatable bonds is 0. The molecular formula is C5H10N2. The molecule has 0 aromatic rings. The van der Waals surface area contributed by atoms with E-state index in [0.29, 0.717) is 12.0 Å². The summed E-state index contributed by atoms with van der Waals surface area (Å²) in [5.41, 5.74) is 5.36. The van der Waals surface area contributed by atoms with Crippen LogP contribution in [-0.2, 0) is 0 Å². The fourth-order valence-electron chi connectivity index (χ4n) is 0.630. The molecule has 2 N–H and O–H groups in total. The lowest BCUT2D eigenvalue weighted by Crippen LogP contribution is -2.38. The fraction of sp³-hybridized carbons (Fsp3) is 0.800. The molecule has 40 valence electrons. The molecule has 0 amide bonds. The van der Waals surface area contributed by atoms with E-state index in [0.717, 1.165) is 5.84 Å². The molecule has 0 fully saturated rings. The summed E-state index contributed by atoms with van der Waals surface area (Å²) < 4.78 is 0. The molecule has 2 atom stereocenters. The average Bonchev–Trinajstić information content (AvgIpc) is 1.68. The Morgan fingerprint density at radius 1 is 1.57 bits per heavy atom. The van der Waals surface area contributed by atoms with Gasteiger partial charge in [-0.05, 0) is 6.92 Å². The zero-order valence-electron chi connectivity index (χ0n) is 4.68. The van der Waals surface area contributed by atoms with E-state index >= 15 is 0 Å². The van der Waals surface area contributed by atoms with Crippen LogP contribution in [-0.4, -0.2) is 11.9 Å². The minimum Gasteiger partial charge on any atom is -0.387 e. The largest absolute Gasteiger partial charge is 0.387 e. The second-order valence-electron chi connectivity index (χ2n) is 2.08. The highest BCUT2D eigenvalue weighted by atomic mass is 15.0. The molecule has 2 nitrogen and oxygen atoms in total. The minimum absolute atomic E-state index is 0.472. The lowest BCUT2D eigenvalue weighted by molar-refractivity contribution is 0.546. The molecule has 0 saturated heterocycles. The highest BCUT2D eigenvalue weighted by Gasteiger charge is 2.23. The van der Waals surface area contributed by atoms with E-state index in [9.17, 15) is 0 Å². The number of amidine groups is 1. The van der Waals surface area contributed by atoms with E-state index in [1.807, 2.05) is 0 Å². The van der Waals surface area contributed by atoms with E-state index in [-0.39, 0.29) is 0 Å². The second kappa shape index (κ2) is 1.22. The molecule has 7 heavy (non-hydrogen) atoms. The molecule has 2 unspecified atom stereocenters. The zero-order chi connectivity index (χ0) is 5.44. The minimum atomic E-state index is 0.472. The summed E-state index contributed by atoms with van der Waals surface area (Å²) in [6.45, 7) is 4.16. The van der Waals surface area contributed by atoms with Crippen molar-refractivity contribution in [2.45, 2.75) is 19.9 Å². The van der Waals surface area contributed by atoms with Crippen molar-refractivity contribution in [3.8, 4) is 0 Å². The van der Waals surface area contributed by atoms with Crippen molar-refractivity contribution >= 4 is 5.84 Å². The maximum Gasteiger partial charge on any atom is 0.0990 e. The zero-order valence-corrected chi connectivity index (χ0v) is 4.68. The summed E-state index contributed by atoms with van der Waals surface area (Å²) in [5, 5.41) is 0. The van der Waals surface area contributed by atoms with E-state index in [1.165, 1.54) is 0 Å². The molecule has 0 spiro atoms. The molecule has 1 heterocycles. The molecule has 0 bridgehead atoms. The van der Waals surface area contributed by atoms with Crippen molar-refractivity contribution in [2.24, 2.45) is 16.6 Å². The summed E-state index contributed by atoms with van der Waals surface area (Å²) >= 11 is 0. The van der Waals surface area contributed by atoms with Gasteiger partial charge in [-0.3, -0.25) is 4.99 Å². The summed E-state index contributed by atoms with van der Waals surface area (Å²) in [5.74, 6) is 1.34. The van der Waals surface area contributed by atoms with Crippen molar-refractivity contribution < 1.29 is 0 Å². The van der Waals surface area contributed by atoms with Gasteiger partial charge in [0.15, 0.2) is 0 Å². The van der Waals surface area contributed by atoms with E-state index in [1.54, 1.807) is 0 Å². The van der Waals surface area contributed by atoms with Gasteiger partial charge in [0.25, 0.3) is 0 Å². The highest BCUT2D eigenvalue weighted by molar-refractivity contribution is 5.87. The number of nitrogens with zero attached hydrogens (tertiary/aromatic N) is 1. The highest BCUT2D eigenvalue weighted by Crippen LogP contribution is 2.15. The molecule has 0 aliphatic carbocycles. The first-order chi connectivity index (χ1) is 3.22. The third-order valence-electron chi connectivity index (χ3n) is 1.54. The van der Waals surface area contributed by atoms with Gasteiger partial charge in [0, 0.05) is 5.92 Å². The van der Waals surface area contributed by atoms with Gasteiger partial charge >= 0.3 is 0 Å². The predicted octanol–water partition coefficient (Wildman–Crippen LogP) is 0.382. The Kier molecular flexibility index (Phi) is 0.805. The normalized spacial score (nSPS) is 39.4. The van der Waals surface area contributed by atoms with Crippen molar-refractivity contribution in [3.05, 3.63) is 0 Å². The van der Waals surface area contributed by atoms with E-state index < -0.39 is 0 Å². The topological polar surface area (TPSA) is 38.4 Å². The SMILES string of the molecule is CC1N=C(N)C1C. The first-order valence-electron chi connectivity index (χ1n) is 2.55. The van der Waals surface area contributed by atoms with Crippen LogP contribution in [0.25, 0.3) is 0 Å². The Morgan fingerprint density at radius 3 is 2.14 bits per heavy atom. The molecule has 1 rings (SSSR count). The van der Waals surface area contributed by atoms with Crippen LogP contribution in [0.3, 0.4) is 0 Å². The quantitative estimate of drug-likeness (QED) is 0.467. The summed E-state index contributed by atoms with van der Waals surface area (Å²) in [7, 11) is 0. The van der Waals surface area contributed by atoms with Crippen LogP contribution >= 0.6 is 0 Å². The Morgan fingerprint density at radius 2 is 2.14 bits per heavy atom. The summed E-state index contributed by atoms with van der Waals surface area (Å²) in [6.07, 6.45) is 0. The van der Waals surface area contributed by atoms with Gasteiger partial charge in [-0.2, -0.15) is 0 Å². The van der Waals surface area contributed by atoms with Gasteiger partial charge in [-0.15, -0.1) is 0 Å². The van der Waals surface area contributed by atoms with Crippen molar-refractivity contribution in [1.29, 1.82) is 0 Å². The van der Waals surface area contributed by atoms with Crippen LogP contribution in [0.15, 0.2) is 4.99 Å².